The number of hydrogen-bond acceptors (Lipinski definition) is 6. The summed E-state index contributed by atoms with van der Waals surface area (Å²) in [6.07, 6.45) is 0. The zero-order chi connectivity index (χ0) is 37.9. The molecule has 2 radical (unpaired) electrons. The fourth-order valence-electron chi connectivity index (χ4n) is 7.10. The van der Waals surface area contributed by atoms with Crippen molar-refractivity contribution < 1.29 is 58.8 Å². The van der Waals surface area contributed by atoms with Crippen molar-refractivity contribution in [1.82, 2.24) is 19.6 Å². The fourth-order valence-corrected chi connectivity index (χ4v) is 7.10. The van der Waals surface area contributed by atoms with Crippen LogP contribution in [0.25, 0.3) is 0 Å². The number of benzene rings is 4. The second-order valence-corrected chi connectivity index (χ2v) is 12.9. The maximum absolute atomic E-state index is 11.0. The van der Waals surface area contributed by atoms with Crippen LogP contribution >= 0.6 is 0 Å². The molecule has 2 heterocycles. The third-order valence-electron chi connectivity index (χ3n) is 9.46. The van der Waals surface area contributed by atoms with Crippen LogP contribution < -0.4 is 0 Å². The van der Waals surface area contributed by atoms with Crippen molar-refractivity contribution in [2.24, 2.45) is 0 Å². The van der Waals surface area contributed by atoms with Gasteiger partial charge in [-0.3, -0.25) is 29.2 Å². The molecule has 2 atom stereocenters. The first kappa shape index (κ1) is 58.2. The summed E-state index contributed by atoms with van der Waals surface area (Å²) in [7, 11) is 0. The van der Waals surface area contributed by atoms with Gasteiger partial charge in [-0.1, -0.05) is 156 Å². The van der Waals surface area contributed by atoms with E-state index in [-0.39, 0.29) is 98.5 Å². The minimum Gasteiger partial charge on any atom is -0.480 e. The van der Waals surface area contributed by atoms with E-state index in [9.17, 15) is 9.59 Å². The topological polar surface area (TPSA) is 87.6 Å². The number of carbonyl (C=O) groups is 2. The Bertz CT molecular complexity index is 1370. The Hall–Kier alpha value is -3.09. The summed E-state index contributed by atoms with van der Waals surface area (Å²) in [6.45, 7) is 17.5. The summed E-state index contributed by atoms with van der Waals surface area (Å²) in [4.78, 5) is 31.1. The van der Waals surface area contributed by atoms with Crippen LogP contribution in [0.2, 0.25) is 0 Å². The van der Waals surface area contributed by atoms with Crippen LogP contribution in [-0.4, -0.2) is 106 Å². The molecule has 57 heavy (non-hydrogen) atoms. The Balaban J connectivity index is -0.000000871. The Morgan fingerprint density at radius 1 is 0.509 bits per heavy atom. The number of nitrogens with zero attached hydrogens (tertiary/aromatic N) is 4. The number of piperazine rings is 2. The second kappa shape index (κ2) is 31.8. The molecule has 2 aliphatic rings. The third kappa shape index (κ3) is 18.2. The van der Waals surface area contributed by atoms with Gasteiger partial charge in [-0.25, -0.2) is 0 Å². The quantitative estimate of drug-likeness (QED) is 0.120. The molecule has 8 nitrogen and oxygen atoms in total. The molecule has 2 fully saturated rings. The van der Waals surface area contributed by atoms with Crippen LogP contribution in [0.1, 0.15) is 83.3 Å². The van der Waals surface area contributed by atoms with Gasteiger partial charge in [0.05, 0.1) is 25.2 Å². The van der Waals surface area contributed by atoms with E-state index in [1.807, 2.05) is 61.8 Å². The van der Waals surface area contributed by atoms with E-state index >= 15 is 0 Å². The number of carboxylic acid groups (broad SMARTS) is 2. The average Bonchev–Trinajstić information content (AvgIpc) is 3.17. The minimum absolute atomic E-state index is 0. The first-order valence-electron chi connectivity index (χ1n) is 18.9. The van der Waals surface area contributed by atoms with Gasteiger partial charge in [-0.05, 0) is 36.1 Å². The van der Waals surface area contributed by atoms with Gasteiger partial charge in [0.2, 0.25) is 0 Å². The largest absolute Gasteiger partial charge is 0.480 e. The van der Waals surface area contributed by atoms with Crippen molar-refractivity contribution >= 4 is 11.9 Å². The van der Waals surface area contributed by atoms with Gasteiger partial charge < -0.3 is 25.1 Å². The Kier molecular flexibility index (Phi) is 32.5. The Morgan fingerprint density at radius 3 is 0.930 bits per heavy atom. The molecule has 4 aromatic carbocycles. The first-order chi connectivity index (χ1) is 25.3. The van der Waals surface area contributed by atoms with Crippen LogP contribution in [0.5, 0.6) is 0 Å². The van der Waals surface area contributed by atoms with Gasteiger partial charge in [-0.2, -0.15) is 0 Å². The van der Waals surface area contributed by atoms with Gasteiger partial charge in [-0.15, -0.1) is 0 Å². The number of carboxylic acids is 2. The molecule has 0 amide bonds. The molecule has 0 aromatic heterocycles. The molecule has 4 aromatic rings. The SMILES string of the molecule is C.CC.CC.C[C@@H]1CN(C(c2ccccc2)c2ccccc2)CCN1CC(=O)O.C[C@H]1CN(C(c2ccccc2)c2ccccc2)CCN1CC(=O)O.[CH3-].[CH3-].[Rh].[Rh]. The van der Waals surface area contributed by atoms with E-state index in [1.54, 1.807) is 0 Å². The molecular formula is C47H70N4O4Rh2-2. The van der Waals surface area contributed by atoms with Crippen LogP contribution in [0, 0.1) is 14.9 Å². The van der Waals surface area contributed by atoms with Crippen LogP contribution in [0.4, 0.5) is 0 Å². The normalized spacial score (nSPS) is 16.6. The monoisotopic (exact) mass is 960 g/mol. The Morgan fingerprint density at radius 2 is 0.737 bits per heavy atom. The van der Waals surface area contributed by atoms with Crippen molar-refractivity contribution in [3.8, 4) is 0 Å². The molecule has 0 saturated carbocycles. The maximum Gasteiger partial charge on any atom is 0.317 e. The van der Waals surface area contributed by atoms with Crippen LogP contribution in [0.15, 0.2) is 121 Å². The molecule has 322 valence electrons. The summed E-state index contributed by atoms with van der Waals surface area (Å²) in [6, 6.07) is 43.0. The molecule has 0 unspecified atom stereocenters. The second-order valence-electron chi connectivity index (χ2n) is 12.9. The molecule has 6 rings (SSSR count). The molecular weight excluding hydrogens is 890 g/mol. The standard InChI is InChI=1S/2C20H24N2O2.2C2H6.CH4.2CH3.2Rh/c2*1-16-14-22(13-12-21(16)15-19(23)24)20(17-8-4-2-5-9-17)18-10-6-3-7-11-18;2*1-2;;;;;/h2*2-11,16,20H,12-15H2,1H3,(H,23,24);2*1-2H3;1H4;2*1H3;;/q;;;;;2*-1;;/t2*16-;;;;;;;/m10......./s1. The van der Waals surface area contributed by atoms with E-state index in [1.165, 1.54) is 22.3 Å². The smallest absolute Gasteiger partial charge is 0.317 e. The summed E-state index contributed by atoms with van der Waals surface area (Å²) < 4.78 is 0. The van der Waals surface area contributed by atoms with E-state index in [0.717, 1.165) is 39.3 Å². The molecule has 0 aliphatic carbocycles. The van der Waals surface area contributed by atoms with Crippen molar-refractivity contribution in [2.75, 3.05) is 52.4 Å². The fraction of sp³-hybridized carbons (Fsp3) is 0.404. The predicted octanol–water partition coefficient (Wildman–Crippen LogP) is 9.32. The molecule has 2 saturated heterocycles. The molecule has 0 bridgehead atoms. The van der Waals surface area contributed by atoms with E-state index in [0.29, 0.717) is 0 Å². The minimum atomic E-state index is -0.752. The molecule has 0 spiro atoms. The van der Waals surface area contributed by atoms with E-state index in [4.69, 9.17) is 10.2 Å². The summed E-state index contributed by atoms with van der Waals surface area (Å²) in [5.41, 5.74) is 5.12. The zero-order valence-corrected chi connectivity index (χ0v) is 38.0. The number of rotatable bonds is 10. The van der Waals surface area contributed by atoms with Crippen molar-refractivity contribution in [1.29, 1.82) is 0 Å². The van der Waals surface area contributed by atoms with Crippen molar-refractivity contribution in [3.05, 3.63) is 158 Å². The van der Waals surface area contributed by atoms with E-state index < -0.39 is 11.9 Å². The maximum atomic E-state index is 11.0. The average molecular weight is 961 g/mol. The Labute approximate surface area is 372 Å². The van der Waals surface area contributed by atoms with Gasteiger partial charge in [0.25, 0.3) is 0 Å². The zero-order valence-electron chi connectivity index (χ0n) is 34.7. The van der Waals surface area contributed by atoms with Gasteiger partial charge >= 0.3 is 11.9 Å². The number of aliphatic carboxylic acids is 2. The molecule has 2 N–H and O–H groups in total. The predicted molar refractivity (Wildman–Crippen MR) is 232 cm³/mol. The van der Waals surface area contributed by atoms with E-state index in [2.05, 4.69) is 121 Å². The number of hydrogen-bond donors (Lipinski definition) is 2. The third-order valence-corrected chi connectivity index (χ3v) is 9.46. The van der Waals surface area contributed by atoms with Crippen LogP contribution in [-0.2, 0) is 48.5 Å². The van der Waals surface area contributed by atoms with Gasteiger partial charge in [0.1, 0.15) is 0 Å². The first-order valence-corrected chi connectivity index (χ1v) is 18.9. The van der Waals surface area contributed by atoms with Gasteiger partial charge in [0.15, 0.2) is 0 Å². The van der Waals surface area contributed by atoms with Crippen molar-refractivity contribution in [2.45, 2.75) is 73.1 Å². The summed E-state index contributed by atoms with van der Waals surface area (Å²) in [5.74, 6) is -1.50. The summed E-state index contributed by atoms with van der Waals surface area (Å²) >= 11 is 0. The van der Waals surface area contributed by atoms with Crippen LogP contribution in [0.3, 0.4) is 0 Å². The summed E-state index contributed by atoms with van der Waals surface area (Å²) in [5, 5.41) is 18.1. The molecule has 2 aliphatic heterocycles. The molecule has 10 heteroatoms. The van der Waals surface area contributed by atoms with Gasteiger partial charge in [0, 0.05) is 90.3 Å². The van der Waals surface area contributed by atoms with Crippen molar-refractivity contribution in [3.63, 3.8) is 0 Å².